The zero-order chi connectivity index (χ0) is 14.4. The van der Waals surface area contributed by atoms with Gasteiger partial charge in [0.15, 0.2) is 5.75 Å². The van der Waals surface area contributed by atoms with Crippen LogP contribution in [0.3, 0.4) is 0 Å². The van der Waals surface area contributed by atoms with Crippen molar-refractivity contribution in [3.63, 3.8) is 0 Å². The smallest absolute Gasteiger partial charge is 0.153 e. The molecule has 0 saturated heterocycles. The third-order valence-corrected chi connectivity index (χ3v) is 3.76. The number of hydrogen-bond acceptors (Lipinski definition) is 3. The molecule has 2 heterocycles. The predicted octanol–water partition coefficient (Wildman–Crippen LogP) is 3.18. The largest absolute Gasteiger partial charge is 0.489 e. The molecule has 0 unspecified atom stereocenters. The van der Waals surface area contributed by atoms with Gasteiger partial charge in [0.2, 0.25) is 0 Å². The maximum Gasteiger partial charge on any atom is 0.153 e. The van der Waals surface area contributed by atoms with Gasteiger partial charge in [-0.05, 0) is 30.3 Å². The van der Waals surface area contributed by atoms with Crippen molar-refractivity contribution < 1.29 is 9.13 Å². The number of aromatic nitrogens is 2. The number of rotatable bonds is 1. The monoisotopic (exact) mass is 283 g/mol. The predicted molar refractivity (Wildman–Crippen MR) is 80.1 cm³/mol. The number of aryl methyl sites for hydroxylation is 1. The van der Waals surface area contributed by atoms with E-state index in [1.165, 1.54) is 12.1 Å². The number of nitrogens with one attached hydrogen (secondary N) is 1. The molecule has 1 aliphatic rings. The Morgan fingerprint density at radius 1 is 1.29 bits per heavy atom. The van der Waals surface area contributed by atoms with Crippen LogP contribution in [-0.2, 0) is 7.05 Å². The van der Waals surface area contributed by atoms with E-state index in [4.69, 9.17) is 4.74 Å². The topological polar surface area (TPSA) is 39.1 Å². The summed E-state index contributed by atoms with van der Waals surface area (Å²) in [7, 11) is 1.89. The first-order valence-electron chi connectivity index (χ1n) is 6.86. The molecule has 106 valence electrons. The third-order valence-electron chi connectivity index (χ3n) is 3.76. The lowest BCUT2D eigenvalue weighted by Gasteiger charge is -2.21. The van der Waals surface area contributed by atoms with Crippen molar-refractivity contribution in [3.8, 4) is 17.1 Å². The van der Waals surface area contributed by atoms with E-state index in [9.17, 15) is 4.39 Å². The molecular formula is C16H14FN3O. The van der Waals surface area contributed by atoms with Gasteiger partial charge in [-0.25, -0.2) is 9.37 Å². The van der Waals surface area contributed by atoms with Crippen molar-refractivity contribution >= 4 is 16.7 Å². The fourth-order valence-electron chi connectivity index (χ4n) is 2.75. The van der Waals surface area contributed by atoms with Gasteiger partial charge in [0.1, 0.15) is 18.2 Å². The Hall–Kier alpha value is -2.56. The molecule has 1 aromatic heterocycles. The summed E-state index contributed by atoms with van der Waals surface area (Å²) in [4.78, 5) is 4.62. The molecule has 3 aromatic rings. The number of benzene rings is 2. The van der Waals surface area contributed by atoms with Gasteiger partial charge in [-0.15, -0.1) is 0 Å². The van der Waals surface area contributed by atoms with Crippen molar-refractivity contribution in [1.29, 1.82) is 0 Å². The maximum atomic E-state index is 13.4. The summed E-state index contributed by atoms with van der Waals surface area (Å²) in [5.41, 5.74) is 3.43. The van der Waals surface area contributed by atoms with Crippen molar-refractivity contribution in [3.05, 3.63) is 42.2 Å². The van der Waals surface area contributed by atoms with Crippen LogP contribution in [0.1, 0.15) is 0 Å². The van der Waals surface area contributed by atoms with Crippen LogP contribution in [0.5, 0.6) is 5.75 Å². The number of ether oxygens (including phenoxy) is 1. The highest BCUT2D eigenvalue weighted by atomic mass is 19.1. The van der Waals surface area contributed by atoms with Crippen LogP contribution in [0, 0.1) is 5.82 Å². The van der Waals surface area contributed by atoms with E-state index in [1.54, 1.807) is 6.07 Å². The van der Waals surface area contributed by atoms with E-state index in [-0.39, 0.29) is 5.82 Å². The van der Waals surface area contributed by atoms with Crippen LogP contribution in [0.4, 0.5) is 10.1 Å². The van der Waals surface area contributed by atoms with Gasteiger partial charge in [-0.3, -0.25) is 0 Å². The van der Waals surface area contributed by atoms with E-state index in [0.29, 0.717) is 6.61 Å². The first kappa shape index (κ1) is 12.2. The average molecular weight is 283 g/mol. The Morgan fingerprint density at radius 3 is 3.10 bits per heavy atom. The van der Waals surface area contributed by atoms with Gasteiger partial charge in [-0.1, -0.05) is 6.07 Å². The van der Waals surface area contributed by atoms with Gasteiger partial charge in [0, 0.05) is 13.6 Å². The number of para-hydroxylation sites is 1. The van der Waals surface area contributed by atoms with E-state index in [0.717, 1.165) is 40.4 Å². The Morgan fingerprint density at radius 2 is 2.19 bits per heavy atom. The Balaban J connectivity index is 1.97. The van der Waals surface area contributed by atoms with Crippen molar-refractivity contribution in [2.45, 2.75) is 0 Å². The molecule has 1 N–H and O–H groups in total. The average Bonchev–Trinajstić information content (AvgIpc) is 2.83. The summed E-state index contributed by atoms with van der Waals surface area (Å²) in [5.74, 6) is 1.32. The molecule has 0 aliphatic carbocycles. The molecule has 2 aromatic carbocycles. The normalized spacial score (nSPS) is 13.6. The van der Waals surface area contributed by atoms with Crippen molar-refractivity contribution in [2.24, 2.45) is 7.05 Å². The molecule has 21 heavy (non-hydrogen) atoms. The third kappa shape index (κ3) is 1.85. The lowest BCUT2D eigenvalue weighted by Crippen LogP contribution is -2.18. The van der Waals surface area contributed by atoms with Crippen molar-refractivity contribution in [2.75, 3.05) is 18.5 Å². The molecule has 0 saturated carbocycles. The number of hydrogen-bond donors (Lipinski definition) is 1. The van der Waals surface area contributed by atoms with Gasteiger partial charge in [0.05, 0.1) is 22.3 Å². The fourth-order valence-corrected chi connectivity index (χ4v) is 2.75. The van der Waals surface area contributed by atoms with Crippen LogP contribution < -0.4 is 10.1 Å². The molecule has 1 aliphatic heterocycles. The standard InChI is InChI=1S/C16H14FN3O/c1-20-14-9-10(17)5-6-12(14)19-16(20)11-3-2-4-13-15(11)21-8-7-18-13/h2-6,9,18H,7-8H2,1H3. The van der Waals surface area contributed by atoms with Crippen LogP contribution in [0.2, 0.25) is 0 Å². The minimum atomic E-state index is -0.259. The van der Waals surface area contributed by atoms with Crippen LogP contribution in [0.15, 0.2) is 36.4 Å². The molecule has 4 rings (SSSR count). The molecule has 0 amide bonds. The zero-order valence-corrected chi connectivity index (χ0v) is 11.6. The second kappa shape index (κ2) is 4.48. The zero-order valence-electron chi connectivity index (χ0n) is 11.6. The molecule has 0 radical (unpaired) electrons. The molecule has 0 fully saturated rings. The number of imidazole rings is 1. The van der Waals surface area contributed by atoms with E-state index in [1.807, 2.05) is 29.8 Å². The van der Waals surface area contributed by atoms with Crippen LogP contribution >= 0.6 is 0 Å². The molecule has 0 spiro atoms. The summed E-state index contributed by atoms with van der Waals surface area (Å²) in [6.45, 7) is 1.42. The number of anilines is 1. The van der Waals surface area contributed by atoms with Gasteiger partial charge < -0.3 is 14.6 Å². The fraction of sp³-hybridized carbons (Fsp3) is 0.188. The summed E-state index contributed by atoms with van der Waals surface area (Å²) >= 11 is 0. The highest BCUT2D eigenvalue weighted by Crippen LogP contribution is 2.38. The Kier molecular flexibility index (Phi) is 2.60. The lowest BCUT2D eigenvalue weighted by atomic mass is 10.1. The molecule has 0 bridgehead atoms. The maximum absolute atomic E-state index is 13.4. The molecule has 0 atom stereocenters. The van der Waals surface area contributed by atoms with E-state index < -0.39 is 0 Å². The summed E-state index contributed by atoms with van der Waals surface area (Å²) < 4.78 is 21.1. The minimum Gasteiger partial charge on any atom is -0.489 e. The highest BCUT2D eigenvalue weighted by molar-refractivity contribution is 5.84. The summed E-state index contributed by atoms with van der Waals surface area (Å²) in [6.07, 6.45) is 0. The van der Waals surface area contributed by atoms with Gasteiger partial charge in [0.25, 0.3) is 0 Å². The lowest BCUT2D eigenvalue weighted by molar-refractivity contribution is 0.324. The van der Waals surface area contributed by atoms with Gasteiger partial charge in [-0.2, -0.15) is 0 Å². The SMILES string of the molecule is Cn1c(-c2cccc3c2OCCN3)nc2ccc(F)cc21. The molecule has 5 heteroatoms. The summed E-state index contributed by atoms with van der Waals surface area (Å²) in [5, 5.41) is 3.31. The second-order valence-electron chi connectivity index (χ2n) is 5.08. The Bertz CT molecular complexity index is 841. The molecular weight excluding hydrogens is 269 g/mol. The number of fused-ring (bicyclic) bond motifs is 2. The van der Waals surface area contributed by atoms with E-state index >= 15 is 0 Å². The highest BCUT2D eigenvalue weighted by Gasteiger charge is 2.19. The summed E-state index contributed by atoms with van der Waals surface area (Å²) in [6, 6.07) is 10.6. The quantitative estimate of drug-likeness (QED) is 0.745. The van der Waals surface area contributed by atoms with Crippen molar-refractivity contribution in [1.82, 2.24) is 9.55 Å². The molecule has 4 nitrogen and oxygen atoms in total. The number of nitrogens with zero attached hydrogens (tertiary/aromatic N) is 2. The second-order valence-corrected chi connectivity index (χ2v) is 5.08. The Labute approximate surface area is 121 Å². The first-order chi connectivity index (χ1) is 10.2. The van der Waals surface area contributed by atoms with Crippen LogP contribution in [0.25, 0.3) is 22.4 Å². The van der Waals surface area contributed by atoms with Crippen LogP contribution in [-0.4, -0.2) is 22.7 Å². The van der Waals surface area contributed by atoms with E-state index in [2.05, 4.69) is 10.3 Å². The number of halogens is 1. The minimum absolute atomic E-state index is 0.259. The first-order valence-corrected chi connectivity index (χ1v) is 6.86. The van der Waals surface area contributed by atoms with Gasteiger partial charge >= 0.3 is 0 Å².